The zero-order chi connectivity index (χ0) is 13.1. The Morgan fingerprint density at radius 1 is 1.17 bits per heavy atom. The summed E-state index contributed by atoms with van der Waals surface area (Å²) in [6, 6.07) is 11.1. The molecule has 0 unspecified atom stereocenters. The summed E-state index contributed by atoms with van der Waals surface area (Å²) in [5, 5.41) is 0.565. The van der Waals surface area contributed by atoms with Gasteiger partial charge < -0.3 is 10.5 Å². The van der Waals surface area contributed by atoms with Crippen molar-refractivity contribution in [2.24, 2.45) is 0 Å². The van der Waals surface area contributed by atoms with Crippen LogP contribution in [0.4, 0.5) is 5.69 Å². The number of halogens is 3. The highest BCUT2D eigenvalue weighted by atomic mass is 79.9. The minimum Gasteiger partial charge on any atom is -0.487 e. The van der Waals surface area contributed by atoms with Crippen molar-refractivity contribution < 1.29 is 4.74 Å². The molecule has 0 aliphatic carbocycles. The topological polar surface area (TPSA) is 35.2 Å². The van der Waals surface area contributed by atoms with Crippen LogP contribution in [0.5, 0.6) is 5.75 Å². The number of ether oxygens (including phenoxy) is 1. The van der Waals surface area contributed by atoms with Gasteiger partial charge in [0.1, 0.15) is 12.4 Å². The van der Waals surface area contributed by atoms with Gasteiger partial charge in [-0.1, -0.05) is 49.5 Å². The van der Waals surface area contributed by atoms with Crippen molar-refractivity contribution >= 4 is 49.1 Å². The number of hydrogen-bond acceptors (Lipinski definition) is 2. The van der Waals surface area contributed by atoms with E-state index in [1.54, 1.807) is 6.07 Å². The molecule has 5 heteroatoms. The molecule has 2 aromatic rings. The first-order chi connectivity index (χ1) is 8.58. The number of rotatable bonds is 3. The Kier molecular flexibility index (Phi) is 4.54. The van der Waals surface area contributed by atoms with Crippen molar-refractivity contribution in [1.82, 2.24) is 0 Å². The van der Waals surface area contributed by atoms with Crippen LogP contribution >= 0.6 is 43.5 Å². The predicted molar refractivity (Wildman–Crippen MR) is 82.0 cm³/mol. The Balaban J connectivity index is 2.16. The molecule has 2 nitrogen and oxygen atoms in total. The fourth-order valence-corrected chi connectivity index (χ4v) is 2.69. The van der Waals surface area contributed by atoms with Crippen LogP contribution in [-0.4, -0.2) is 0 Å². The minimum absolute atomic E-state index is 0.370. The van der Waals surface area contributed by atoms with Crippen molar-refractivity contribution in [2.75, 3.05) is 5.73 Å². The molecule has 2 aromatic carbocycles. The molecular formula is C13H10Br2ClNO. The van der Waals surface area contributed by atoms with E-state index in [-0.39, 0.29) is 0 Å². The summed E-state index contributed by atoms with van der Waals surface area (Å²) < 4.78 is 7.52. The van der Waals surface area contributed by atoms with Gasteiger partial charge in [0.15, 0.2) is 0 Å². The standard InChI is InChI=1S/C13H10Br2ClNO/c14-8-4-5-13(11(16)6-8)18-7-9-10(15)2-1-3-12(9)17/h1-6H,7,17H2. The van der Waals surface area contributed by atoms with Crippen molar-refractivity contribution in [3.63, 3.8) is 0 Å². The second-order valence-corrected chi connectivity index (χ2v) is 5.85. The van der Waals surface area contributed by atoms with Gasteiger partial charge in [-0.15, -0.1) is 0 Å². The number of nitrogen functional groups attached to an aromatic ring is 1. The van der Waals surface area contributed by atoms with E-state index in [9.17, 15) is 0 Å². The largest absolute Gasteiger partial charge is 0.487 e. The molecule has 0 saturated heterocycles. The molecule has 0 aliphatic heterocycles. The molecule has 0 saturated carbocycles. The molecule has 0 aliphatic rings. The highest BCUT2D eigenvalue weighted by Gasteiger charge is 2.07. The van der Waals surface area contributed by atoms with Crippen LogP contribution in [0.3, 0.4) is 0 Å². The van der Waals surface area contributed by atoms with E-state index in [1.807, 2.05) is 30.3 Å². The highest BCUT2D eigenvalue weighted by molar-refractivity contribution is 9.10. The third-order valence-electron chi connectivity index (χ3n) is 2.42. The van der Waals surface area contributed by atoms with Crippen molar-refractivity contribution in [2.45, 2.75) is 6.61 Å². The lowest BCUT2D eigenvalue weighted by atomic mass is 10.2. The van der Waals surface area contributed by atoms with E-state index in [4.69, 9.17) is 22.1 Å². The van der Waals surface area contributed by atoms with Crippen LogP contribution < -0.4 is 10.5 Å². The zero-order valence-electron chi connectivity index (χ0n) is 9.29. The molecule has 2 rings (SSSR count). The molecule has 0 aromatic heterocycles. The van der Waals surface area contributed by atoms with E-state index >= 15 is 0 Å². The Bertz CT molecular complexity index is 555. The van der Waals surface area contributed by atoms with Crippen LogP contribution in [0.2, 0.25) is 5.02 Å². The Morgan fingerprint density at radius 2 is 1.94 bits per heavy atom. The molecular weight excluding hydrogens is 381 g/mol. The average Bonchev–Trinajstić information content (AvgIpc) is 2.31. The average molecular weight is 391 g/mol. The van der Waals surface area contributed by atoms with Crippen molar-refractivity contribution in [1.29, 1.82) is 0 Å². The summed E-state index contributed by atoms with van der Waals surface area (Å²) in [7, 11) is 0. The Labute approximate surface area is 127 Å². The third-order valence-corrected chi connectivity index (χ3v) is 3.95. The van der Waals surface area contributed by atoms with E-state index in [1.165, 1.54) is 0 Å². The maximum absolute atomic E-state index is 6.08. The molecule has 0 radical (unpaired) electrons. The molecule has 94 valence electrons. The Hall–Kier alpha value is -0.710. The number of benzene rings is 2. The van der Waals surface area contributed by atoms with Crippen LogP contribution in [0.25, 0.3) is 0 Å². The number of nitrogens with two attached hydrogens (primary N) is 1. The monoisotopic (exact) mass is 389 g/mol. The van der Waals surface area contributed by atoms with Gasteiger partial charge in [-0.25, -0.2) is 0 Å². The maximum atomic E-state index is 6.08. The normalized spacial score (nSPS) is 10.4. The first kappa shape index (κ1) is 13.7. The maximum Gasteiger partial charge on any atom is 0.138 e. The molecule has 0 fully saturated rings. The fraction of sp³-hybridized carbons (Fsp3) is 0.0769. The first-order valence-electron chi connectivity index (χ1n) is 5.18. The van der Waals surface area contributed by atoms with E-state index in [0.29, 0.717) is 23.1 Å². The fourth-order valence-electron chi connectivity index (χ4n) is 1.47. The van der Waals surface area contributed by atoms with Gasteiger partial charge in [0.25, 0.3) is 0 Å². The van der Waals surface area contributed by atoms with Gasteiger partial charge in [0, 0.05) is 20.2 Å². The summed E-state index contributed by atoms with van der Waals surface area (Å²) in [6.07, 6.45) is 0. The molecule has 0 heterocycles. The minimum atomic E-state index is 0.370. The first-order valence-corrected chi connectivity index (χ1v) is 7.15. The van der Waals surface area contributed by atoms with E-state index in [0.717, 1.165) is 14.5 Å². The SMILES string of the molecule is Nc1cccc(Br)c1COc1ccc(Br)cc1Cl. The summed E-state index contributed by atoms with van der Waals surface area (Å²) >= 11 is 12.9. The quantitative estimate of drug-likeness (QED) is 0.745. The van der Waals surface area contributed by atoms with Crippen LogP contribution in [0.15, 0.2) is 45.3 Å². The molecule has 0 amide bonds. The lowest BCUT2D eigenvalue weighted by molar-refractivity contribution is 0.306. The smallest absolute Gasteiger partial charge is 0.138 e. The van der Waals surface area contributed by atoms with Crippen molar-refractivity contribution in [3.05, 3.63) is 55.9 Å². The predicted octanol–water partition coefficient (Wildman–Crippen LogP) is 5.03. The van der Waals surface area contributed by atoms with Crippen LogP contribution in [0, 0.1) is 0 Å². The van der Waals surface area contributed by atoms with Gasteiger partial charge in [0.2, 0.25) is 0 Å². The molecule has 18 heavy (non-hydrogen) atoms. The Morgan fingerprint density at radius 3 is 2.61 bits per heavy atom. The van der Waals surface area contributed by atoms with E-state index in [2.05, 4.69) is 31.9 Å². The zero-order valence-corrected chi connectivity index (χ0v) is 13.2. The molecule has 0 spiro atoms. The number of anilines is 1. The second-order valence-electron chi connectivity index (χ2n) is 3.67. The summed E-state index contributed by atoms with van der Waals surface area (Å²) in [5.41, 5.74) is 7.50. The molecule has 2 N–H and O–H groups in total. The summed E-state index contributed by atoms with van der Waals surface area (Å²) in [6.45, 7) is 0.370. The van der Waals surface area contributed by atoms with Crippen molar-refractivity contribution in [3.8, 4) is 5.75 Å². The van der Waals surface area contributed by atoms with Gasteiger partial charge >= 0.3 is 0 Å². The second kappa shape index (κ2) is 5.95. The van der Waals surface area contributed by atoms with Gasteiger partial charge in [0.05, 0.1) is 5.02 Å². The van der Waals surface area contributed by atoms with Crippen LogP contribution in [0.1, 0.15) is 5.56 Å². The summed E-state index contributed by atoms with van der Waals surface area (Å²) in [4.78, 5) is 0. The molecule has 0 bridgehead atoms. The third kappa shape index (κ3) is 3.19. The lowest BCUT2D eigenvalue weighted by Gasteiger charge is -2.11. The highest BCUT2D eigenvalue weighted by Crippen LogP contribution is 2.30. The lowest BCUT2D eigenvalue weighted by Crippen LogP contribution is -2.01. The molecule has 0 atom stereocenters. The van der Waals surface area contributed by atoms with Gasteiger partial charge in [-0.3, -0.25) is 0 Å². The summed E-state index contributed by atoms with van der Waals surface area (Å²) in [5.74, 6) is 0.634. The van der Waals surface area contributed by atoms with Gasteiger partial charge in [-0.2, -0.15) is 0 Å². The van der Waals surface area contributed by atoms with Gasteiger partial charge in [-0.05, 0) is 30.3 Å². The van der Waals surface area contributed by atoms with Crippen LogP contribution in [-0.2, 0) is 6.61 Å². The number of hydrogen-bond donors (Lipinski definition) is 1. The van der Waals surface area contributed by atoms with E-state index < -0.39 is 0 Å².